The van der Waals surface area contributed by atoms with Gasteiger partial charge in [-0.25, -0.2) is 0 Å². The molecule has 1 aromatic rings. The molecule has 0 saturated carbocycles. The van der Waals surface area contributed by atoms with Crippen molar-refractivity contribution >= 4 is 33.2 Å². The van der Waals surface area contributed by atoms with Gasteiger partial charge in [-0.2, -0.15) is 0 Å². The number of carbonyl (C=O) groups is 1. The zero-order valence-electron chi connectivity index (χ0n) is 10.4. The second-order valence-electron chi connectivity index (χ2n) is 4.99. The lowest BCUT2D eigenvalue weighted by Crippen LogP contribution is -2.43. The summed E-state index contributed by atoms with van der Waals surface area (Å²) in [7, 11) is 0. The Bertz CT molecular complexity index is 527. The zero-order chi connectivity index (χ0) is 13.5. The summed E-state index contributed by atoms with van der Waals surface area (Å²) in [6, 6.07) is 3.60. The molecule has 1 saturated heterocycles. The number of nitrogens with two attached hydrogens (primary N) is 1. The molecule has 5 nitrogen and oxygen atoms in total. The average molecular weight is 327 g/mol. The largest absolute Gasteiger partial charge is 0.484 e. The molecule has 1 spiro atoms. The number of hydrogen-bond acceptors (Lipinski definition) is 4. The molecule has 0 aromatic heterocycles. The third-order valence-corrected chi connectivity index (χ3v) is 4.03. The normalized spacial score (nSPS) is 21.2. The Morgan fingerprint density at radius 3 is 2.79 bits per heavy atom. The second kappa shape index (κ2) is 4.68. The highest BCUT2D eigenvalue weighted by Crippen LogP contribution is 2.42. The van der Waals surface area contributed by atoms with E-state index in [4.69, 9.17) is 15.2 Å². The number of amides is 1. The summed E-state index contributed by atoms with van der Waals surface area (Å²) in [5.41, 5.74) is 6.54. The molecule has 6 heteroatoms. The molecule has 1 fully saturated rings. The lowest BCUT2D eigenvalue weighted by atomic mass is 9.90. The topological polar surface area (TPSA) is 73.6 Å². The minimum atomic E-state index is -0.471. The number of halogens is 1. The molecule has 0 atom stereocenters. The van der Waals surface area contributed by atoms with Crippen LogP contribution in [0.5, 0.6) is 5.75 Å². The number of anilines is 2. The number of nitrogen functional groups attached to an aromatic ring is 1. The van der Waals surface area contributed by atoms with Gasteiger partial charge in [-0.1, -0.05) is 15.9 Å². The third kappa shape index (κ3) is 2.42. The maximum absolute atomic E-state index is 12.1. The number of benzene rings is 1. The van der Waals surface area contributed by atoms with Crippen LogP contribution in [-0.2, 0) is 9.53 Å². The van der Waals surface area contributed by atoms with Crippen molar-refractivity contribution in [3.05, 3.63) is 16.6 Å². The van der Waals surface area contributed by atoms with E-state index < -0.39 is 5.60 Å². The van der Waals surface area contributed by atoms with Crippen LogP contribution in [-0.4, -0.2) is 24.7 Å². The zero-order valence-corrected chi connectivity index (χ0v) is 12.0. The highest BCUT2D eigenvalue weighted by atomic mass is 79.9. The van der Waals surface area contributed by atoms with E-state index in [-0.39, 0.29) is 5.91 Å². The molecule has 0 unspecified atom stereocenters. The maximum Gasteiger partial charge on any atom is 0.228 e. The van der Waals surface area contributed by atoms with Crippen molar-refractivity contribution in [2.75, 3.05) is 24.3 Å². The lowest BCUT2D eigenvalue weighted by Gasteiger charge is -2.35. The van der Waals surface area contributed by atoms with Crippen LogP contribution in [0.1, 0.15) is 19.3 Å². The number of carbonyl (C=O) groups excluding carboxylic acids is 1. The summed E-state index contributed by atoms with van der Waals surface area (Å²) in [6.07, 6.45) is 1.76. The summed E-state index contributed by atoms with van der Waals surface area (Å²) in [5, 5.41) is 2.84. The molecule has 3 rings (SSSR count). The molecule has 19 heavy (non-hydrogen) atoms. The van der Waals surface area contributed by atoms with E-state index >= 15 is 0 Å². The predicted octanol–water partition coefficient (Wildman–Crippen LogP) is 2.30. The van der Waals surface area contributed by atoms with E-state index in [0.717, 1.165) is 4.47 Å². The van der Waals surface area contributed by atoms with Gasteiger partial charge in [0.25, 0.3) is 0 Å². The Hall–Kier alpha value is -1.27. The standard InChI is InChI=1S/C13H15BrN2O3/c14-8-5-9(15)12-10(6-8)19-13(7-11(17)16-12)1-3-18-4-2-13/h5-6H,1-4,7,15H2,(H,16,17). The predicted molar refractivity (Wildman–Crippen MR) is 75.2 cm³/mol. The molecular formula is C13H15BrN2O3. The molecule has 0 aliphatic carbocycles. The lowest BCUT2D eigenvalue weighted by molar-refractivity contribution is -0.122. The SMILES string of the molecule is Nc1cc(Br)cc2c1NC(=O)CC1(CCOCC1)O2. The van der Waals surface area contributed by atoms with Crippen LogP contribution in [0.25, 0.3) is 0 Å². The third-order valence-electron chi connectivity index (χ3n) is 3.58. The van der Waals surface area contributed by atoms with Crippen molar-refractivity contribution in [2.24, 2.45) is 0 Å². The summed E-state index contributed by atoms with van der Waals surface area (Å²) in [5.74, 6) is 0.564. The van der Waals surface area contributed by atoms with Crippen molar-refractivity contribution < 1.29 is 14.3 Å². The van der Waals surface area contributed by atoms with E-state index in [0.29, 0.717) is 49.6 Å². The van der Waals surface area contributed by atoms with Gasteiger partial charge in [-0.3, -0.25) is 4.79 Å². The van der Waals surface area contributed by atoms with Crippen molar-refractivity contribution in [2.45, 2.75) is 24.9 Å². The smallest absolute Gasteiger partial charge is 0.228 e. The van der Waals surface area contributed by atoms with Crippen LogP contribution >= 0.6 is 15.9 Å². The van der Waals surface area contributed by atoms with Gasteiger partial charge < -0.3 is 20.5 Å². The van der Waals surface area contributed by atoms with Gasteiger partial charge in [0.05, 0.1) is 25.3 Å². The molecule has 0 radical (unpaired) electrons. The summed E-state index contributed by atoms with van der Waals surface area (Å²) in [4.78, 5) is 12.1. The van der Waals surface area contributed by atoms with E-state index in [2.05, 4.69) is 21.2 Å². The number of ether oxygens (including phenoxy) is 2. The first kappa shape index (κ1) is 12.7. The second-order valence-corrected chi connectivity index (χ2v) is 5.91. The Balaban J connectivity index is 2.03. The number of nitrogens with one attached hydrogen (secondary N) is 1. The maximum atomic E-state index is 12.1. The Kier molecular flexibility index (Phi) is 3.14. The van der Waals surface area contributed by atoms with Gasteiger partial charge in [-0.05, 0) is 12.1 Å². The van der Waals surface area contributed by atoms with Gasteiger partial charge in [0, 0.05) is 17.3 Å². The van der Waals surface area contributed by atoms with Gasteiger partial charge in [0.15, 0.2) is 0 Å². The van der Waals surface area contributed by atoms with Gasteiger partial charge in [0.2, 0.25) is 5.91 Å². The number of rotatable bonds is 0. The highest BCUT2D eigenvalue weighted by molar-refractivity contribution is 9.10. The van der Waals surface area contributed by atoms with Gasteiger partial charge in [-0.15, -0.1) is 0 Å². The molecular weight excluding hydrogens is 312 g/mol. The Labute approximate surface area is 119 Å². The summed E-state index contributed by atoms with van der Waals surface area (Å²) < 4.78 is 12.3. The molecule has 102 valence electrons. The molecule has 2 heterocycles. The molecule has 1 amide bonds. The van der Waals surface area contributed by atoms with Crippen molar-refractivity contribution in [3.8, 4) is 5.75 Å². The van der Waals surface area contributed by atoms with Crippen LogP contribution in [0.3, 0.4) is 0 Å². The number of fused-ring (bicyclic) bond motifs is 1. The molecule has 1 aromatic carbocycles. The Morgan fingerprint density at radius 1 is 1.32 bits per heavy atom. The fourth-order valence-corrected chi connectivity index (χ4v) is 3.04. The summed E-state index contributed by atoms with van der Waals surface area (Å²) in [6.45, 7) is 1.23. The van der Waals surface area contributed by atoms with Crippen molar-refractivity contribution in [1.29, 1.82) is 0 Å². The van der Waals surface area contributed by atoms with E-state index in [1.54, 1.807) is 6.07 Å². The first-order chi connectivity index (χ1) is 9.08. The molecule has 0 bridgehead atoms. The van der Waals surface area contributed by atoms with Gasteiger partial charge in [0.1, 0.15) is 17.0 Å². The highest BCUT2D eigenvalue weighted by Gasteiger charge is 2.40. The first-order valence-corrected chi connectivity index (χ1v) is 7.03. The number of hydrogen-bond donors (Lipinski definition) is 2. The van der Waals surface area contributed by atoms with E-state index in [9.17, 15) is 4.79 Å². The van der Waals surface area contributed by atoms with Crippen LogP contribution < -0.4 is 15.8 Å². The quantitative estimate of drug-likeness (QED) is 0.717. The van der Waals surface area contributed by atoms with Crippen molar-refractivity contribution in [1.82, 2.24) is 0 Å². The Morgan fingerprint density at radius 2 is 2.05 bits per heavy atom. The van der Waals surface area contributed by atoms with E-state index in [1.165, 1.54) is 0 Å². The van der Waals surface area contributed by atoms with Crippen molar-refractivity contribution in [3.63, 3.8) is 0 Å². The average Bonchev–Trinajstić information content (AvgIpc) is 2.46. The minimum Gasteiger partial charge on any atom is -0.484 e. The molecule has 2 aliphatic heterocycles. The van der Waals surface area contributed by atoms with Crippen LogP contribution in [0.15, 0.2) is 16.6 Å². The van der Waals surface area contributed by atoms with Crippen LogP contribution in [0, 0.1) is 0 Å². The molecule has 2 aliphatic rings. The van der Waals surface area contributed by atoms with E-state index in [1.807, 2.05) is 6.07 Å². The van der Waals surface area contributed by atoms with Crippen LogP contribution in [0.4, 0.5) is 11.4 Å². The van der Waals surface area contributed by atoms with Crippen LogP contribution in [0.2, 0.25) is 0 Å². The monoisotopic (exact) mass is 326 g/mol. The fourth-order valence-electron chi connectivity index (χ4n) is 2.58. The van der Waals surface area contributed by atoms with Gasteiger partial charge >= 0.3 is 0 Å². The first-order valence-electron chi connectivity index (χ1n) is 6.24. The fraction of sp³-hybridized carbons (Fsp3) is 0.462. The molecule has 3 N–H and O–H groups in total. The minimum absolute atomic E-state index is 0.0605. The summed E-state index contributed by atoms with van der Waals surface area (Å²) >= 11 is 3.40.